The Labute approximate surface area is 129 Å². The number of thioether (sulfide) groups is 1. The van der Waals surface area contributed by atoms with Crippen LogP contribution in [0.2, 0.25) is 0 Å². The van der Waals surface area contributed by atoms with E-state index in [1.165, 1.54) is 4.90 Å². The van der Waals surface area contributed by atoms with Crippen LogP contribution in [0.1, 0.15) is 5.56 Å². The second-order valence-corrected chi connectivity index (χ2v) is 5.86. The molecule has 0 aliphatic rings. The minimum atomic E-state index is -0.387. The summed E-state index contributed by atoms with van der Waals surface area (Å²) in [7, 11) is 0. The fourth-order valence-electron chi connectivity index (χ4n) is 1.75. The van der Waals surface area contributed by atoms with E-state index in [4.69, 9.17) is 0 Å². The summed E-state index contributed by atoms with van der Waals surface area (Å²) in [6, 6.07) is 13.2. The predicted octanol–water partition coefficient (Wildman–Crippen LogP) is 4.69. The van der Waals surface area contributed by atoms with Gasteiger partial charge in [0.05, 0.1) is 9.40 Å². The van der Waals surface area contributed by atoms with Gasteiger partial charge in [0.25, 0.3) is 5.69 Å². The van der Waals surface area contributed by atoms with Crippen LogP contribution < -0.4 is 5.32 Å². The first-order valence-corrected chi connectivity index (χ1v) is 7.92. The predicted molar refractivity (Wildman–Crippen MR) is 86.3 cm³/mol. The van der Waals surface area contributed by atoms with Gasteiger partial charge in [0.15, 0.2) is 0 Å². The van der Waals surface area contributed by atoms with Gasteiger partial charge in [-0.25, -0.2) is 0 Å². The monoisotopic (exact) mass is 352 g/mol. The number of nitrogens with one attached hydrogen (secondary N) is 1. The Morgan fingerprint density at radius 1 is 1.30 bits per heavy atom. The van der Waals surface area contributed by atoms with Crippen LogP contribution in [-0.4, -0.2) is 11.2 Å². The molecule has 0 heterocycles. The molecule has 20 heavy (non-hydrogen) atoms. The number of halogens is 1. The summed E-state index contributed by atoms with van der Waals surface area (Å²) in [4.78, 5) is 11.7. The highest BCUT2D eigenvalue weighted by atomic mass is 79.9. The van der Waals surface area contributed by atoms with Crippen LogP contribution in [0.5, 0.6) is 0 Å². The Morgan fingerprint density at radius 2 is 2.10 bits per heavy atom. The van der Waals surface area contributed by atoms with Gasteiger partial charge in [-0.05, 0) is 52.0 Å². The SMILES string of the molecule is CSc1cccc(NCc2ccc(Br)c([N+](=O)[O-])c2)c1. The lowest BCUT2D eigenvalue weighted by Gasteiger charge is -2.08. The first-order chi connectivity index (χ1) is 9.60. The van der Waals surface area contributed by atoms with Crippen LogP contribution in [0, 0.1) is 10.1 Å². The Bertz CT molecular complexity index is 634. The Morgan fingerprint density at radius 3 is 2.80 bits per heavy atom. The van der Waals surface area contributed by atoms with Gasteiger partial charge in [-0.2, -0.15) is 0 Å². The highest BCUT2D eigenvalue weighted by Crippen LogP contribution is 2.26. The molecule has 1 N–H and O–H groups in total. The van der Waals surface area contributed by atoms with Crippen molar-refractivity contribution in [1.29, 1.82) is 0 Å². The highest BCUT2D eigenvalue weighted by Gasteiger charge is 2.11. The number of nitro groups is 1. The van der Waals surface area contributed by atoms with Gasteiger partial charge in [-0.3, -0.25) is 10.1 Å². The molecule has 0 spiro atoms. The zero-order chi connectivity index (χ0) is 14.5. The maximum absolute atomic E-state index is 10.9. The van der Waals surface area contributed by atoms with Crippen LogP contribution in [0.3, 0.4) is 0 Å². The number of nitrogens with zero attached hydrogens (tertiary/aromatic N) is 1. The molecule has 0 radical (unpaired) electrons. The van der Waals surface area contributed by atoms with Gasteiger partial charge in [0, 0.05) is 23.2 Å². The molecule has 0 aliphatic carbocycles. The van der Waals surface area contributed by atoms with Crippen molar-refractivity contribution >= 4 is 39.1 Å². The van der Waals surface area contributed by atoms with Crippen molar-refractivity contribution < 1.29 is 4.92 Å². The molecule has 0 unspecified atom stereocenters. The number of nitro benzene ring substituents is 1. The molecular weight excluding hydrogens is 340 g/mol. The van der Waals surface area contributed by atoms with Gasteiger partial charge < -0.3 is 5.32 Å². The third-order valence-electron chi connectivity index (χ3n) is 2.77. The minimum absolute atomic E-state index is 0.0853. The molecule has 0 saturated heterocycles. The highest BCUT2D eigenvalue weighted by molar-refractivity contribution is 9.10. The number of hydrogen-bond donors (Lipinski definition) is 1. The third-order valence-corrected chi connectivity index (χ3v) is 4.17. The Balaban J connectivity index is 2.10. The van der Waals surface area contributed by atoms with Crippen molar-refractivity contribution in [3.63, 3.8) is 0 Å². The van der Waals surface area contributed by atoms with Gasteiger partial charge in [0.2, 0.25) is 0 Å². The van der Waals surface area contributed by atoms with Crippen LogP contribution >= 0.6 is 27.7 Å². The van der Waals surface area contributed by atoms with Crippen molar-refractivity contribution in [1.82, 2.24) is 0 Å². The molecule has 2 aromatic rings. The largest absolute Gasteiger partial charge is 0.381 e. The molecule has 104 valence electrons. The van der Waals surface area contributed by atoms with Gasteiger partial charge in [-0.1, -0.05) is 12.1 Å². The fraction of sp³-hybridized carbons (Fsp3) is 0.143. The summed E-state index contributed by atoms with van der Waals surface area (Å²) in [5.74, 6) is 0. The van der Waals surface area contributed by atoms with Crippen molar-refractivity contribution in [2.45, 2.75) is 11.4 Å². The van der Waals surface area contributed by atoms with E-state index in [0.717, 1.165) is 11.3 Å². The molecule has 0 saturated carbocycles. The average Bonchev–Trinajstić information content (AvgIpc) is 2.46. The summed E-state index contributed by atoms with van der Waals surface area (Å²) >= 11 is 4.86. The molecule has 0 aromatic heterocycles. The van der Waals surface area contributed by atoms with Crippen molar-refractivity contribution in [2.75, 3.05) is 11.6 Å². The summed E-state index contributed by atoms with van der Waals surface area (Å²) in [6.45, 7) is 0.548. The molecular formula is C14H13BrN2O2S. The molecule has 2 rings (SSSR count). The van der Waals surface area contributed by atoms with Crippen LogP contribution in [0.25, 0.3) is 0 Å². The van der Waals surface area contributed by atoms with Gasteiger partial charge in [0.1, 0.15) is 0 Å². The van der Waals surface area contributed by atoms with Crippen molar-refractivity contribution in [3.8, 4) is 0 Å². The molecule has 0 aliphatic heterocycles. The number of benzene rings is 2. The smallest absolute Gasteiger partial charge is 0.283 e. The van der Waals surface area contributed by atoms with E-state index in [2.05, 4.69) is 27.3 Å². The number of rotatable bonds is 5. The van der Waals surface area contributed by atoms with Gasteiger partial charge >= 0.3 is 0 Å². The van der Waals surface area contributed by atoms with E-state index in [9.17, 15) is 10.1 Å². The molecule has 0 atom stereocenters. The summed E-state index contributed by atoms with van der Waals surface area (Å²) in [6.07, 6.45) is 2.02. The first kappa shape index (κ1) is 14.9. The third kappa shape index (κ3) is 3.74. The lowest BCUT2D eigenvalue weighted by molar-refractivity contribution is -0.385. The van der Waals surface area contributed by atoms with E-state index in [-0.39, 0.29) is 10.6 Å². The van der Waals surface area contributed by atoms with Crippen LogP contribution in [0.15, 0.2) is 51.8 Å². The molecule has 4 nitrogen and oxygen atoms in total. The number of anilines is 1. The normalized spacial score (nSPS) is 10.3. The molecule has 0 fully saturated rings. The van der Waals surface area contributed by atoms with Crippen molar-refractivity contribution in [2.24, 2.45) is 0 Å². The zero-order valence-corrected chi connectivity index (χ0v) is 13.2. The molecule has 0 bridgehead atoms. The summed E-state index contributed by atoms with van der Waals surface area (Å²) in [5.41, 5.74) is 1.96. The molecule has 6 heteroatoms. The molecule has 0 amide bonds. The van der Waals surface area contributed by atoms with Crippen molar-refractivity contribution in [3.05, 3.63) is 62.6 Å². The topological polar surface area (TPSA) is 55.2 Å². The average molecular weight is 353 g/mol. The summed E-state index contributed by atoms with van der Waals surface area (Å²) < 4.78 is 0.496. The van der Waals surface area contributed by atoms with Crippen LogP contribution in [0.4, 0.5) is 11.4 Å². The lowest BCUT2D eigenvalue weighted by atomic mass is 10.2. The zero-order valence-electron chi connectivity index (χ0n) is 10.8. The fourth-order valence-corrected chi connectivity index (χ4v) is 2.60. The van der Waals surface area contributed by atoms with E-state index in [1.807, 2.05) is 30.5 Å². The first-order valence-electron chi connectivity index (χ1n) is 5.91. The maximum Gasteiger partial charge on any atom is 0.283 e. The second kappa shape index (κ2) is 6.76. The van der Waals surface area contributed by atoms with E-state index >= 15 is 0 Å². The van der Waals surface area contributed by atoms with Crippen LogP contribution in [-0.2, 0) is 6.54 Å². The minimum Gasteiger partial charge on any atom is -0.381 e. The molecule has 2 aromatic carbocycles. The van der Waals surface area contributed by atoms with E-state index in [1.54, 1.807) is 23.9 Å². The quantitative estimate of drug-likeness (QED) is 0.481. The second-order valence-electron chi connectivity index (χ2n) is 4.13. The lowest BCUT2D eigenvalue weighted by Crippen LogP contribution is -2.00. The standard InChI is InChI=1S/C14H13BrN2O2S/c1-20-12-4-2-3-11(8-12)16-9-10-5-6-13(15)14(7-10)17(18)19/h2-8,16H,9H2,1H3. The Hall–Kier alpha value is -1.53. The maximum atomic E-state index is 10.9. The Kier molecular flexibility index (Phi) is 5.03. The van der Waals surface area contributed by atoms with E-state index in [0.29, 0.717) is 11.0 Å². The number of hydrogen-bond acceptors (Lipinski definition) is 4. The van der Waals surface area contributed by atoms with Gasteiger partial charge in [-0.15, -0.1) is 11.8 Å². The van der Waals surface area contributed by atoms with E-state index < -0.39 is 0 Å². The summed E-state index contributed by atoms with van der Waals surface area (Å²) in [5, 5.41) is 14.2.